The first-order valence-corrected chi connectivity index (χ1v) is 5.84. The lowest BCUT2D eigenvalue weighted by Gasteiger charge is -2.17. The number of benzene rings is 1. The fourth-order valence-corrected chi connectivity index (χ4v) is 1.68. The molecule has 0 aromatic heterocycles. The smallest absolute Gasteiger partial charge is 0.328 e. The summed E-state index contributed by atoms with van der Waals surface area (Å²) in [6, 6.07) is 5.13. The number of carboxylic acids is 1. The first-order chi connectivity index (χ1) is 8.97. The highest BCUT2D eigenvalue weighted by Gasteiger charge is 2.14. The molecule has 1 amide bonds. The van der Waals surface area contributed by atoms with Crippen LogP contribution in [0.4, 0.5) is 0 Å². The number of carbonyl (C=O) groups excluding carboxylic acids is 1. The van der Waals surface area contributed by atoms with Gasteiger partial charge in [0.1, 0.15) is 0 Å². The van der Waals surface area contributed by atoms with Gasteiger partial charge in [-0.3, -0.25) is 4.79 Å². The molecule has 0 saturated heterocycles. The summed E-state index contributed by atoms with van der Waals surface area (Å²) >= 11 is 0. The summed E-state index contributed by atoms with van der Waals surface area (Å²) in [5.74, 6) is -1.23. The Morgan fingerprint density at radius 2 is 2.05 bits per heavy atom. The minimum absolute atomic E-state index is 0.0973. The normalized spacial score (nSPS) is 10.7. The number of nitrogens with zero attached hydrogens (tertiary/aromatic N) is 1. The van der Waals surface area contributed by atoms with E-state index >= 15 is 0 Å². The molecule has 0 spiro atoms. The Morgan fingerprint density at radius 1 is 1.37 bits per heavy atom. The molecule has 2 N–H and O–H groups in total. The molecule has 5 heteroatoms. The van der Waals surface area contributed by atoms with Crippen molar-refractivity contribution >= 4 is 18.0 Å². The van der Waals surface area contributed by atoms with Crippen molar-refractivity contribution in [3.63, 3.8) is 0 Å². The highest BCUT2D eigenvalue weighted by Crippen LogP contribution is 2.16. The van der Waals surface area contributed by atoms with Gasteiger partial charge in [-0.25, -0.2) is 4.79 Å². The number of likely N-dealkylation sites (N-methyl/N-ethyl adjacent to an activating group) is 1. The zero-order valence-corrected chi connectivity index (χ0v) is 11.0. The molecule has 5 nitrogen and oxygen atoms in total. The summed E-state index contributed by atoms with van der Waals surface area (Å²) in [4.78, 5) is 24.1. The monoisotopic (exact) mass is 263 g/mol. The van der Waals surface area contributed by atoms with Gasteiger partial charge in [-0.1, -0.05) is 12.1 Å². The van der Waals surface area contributed by atoms with Gasteiger partial charge in [-0.05, 0) is 30.2 Å². The van der Waals surface area contributed by atoms with Crippen molar-refractivity contribution in [3.8, 4) is 0 Å². The number of aliphatic hydroxyl groups excluding tert-OH is 1. The molecule has 0 aliphatic carbocycles. The topological polar surface area (TPSA) is 77.8 Å². The van der Waals surface area contributed by atoms with Gasteiger partial charge in [0.25, 0.3) is 5.91 Å². The molecular weight excluding hydrogens is 246 g/mol. The van der Waals surface area contributed by atoms with Crippen LogP contribution in [0.25, 0.3) is 6.08 Å². The van der Waals surface area contributed by atoms with Gasteiger partial charge >= 0.3 is 5.97 Å². The lowest BCUT2D eigenvalue weighted by molar-refractivity contribution is -0.131. The van der Waals surface area contributed by atoms with E-state index in [4.69, 9.17) is 10.2 Å². The molecule has 1 aromatic rings. The average Bonchev–Trinajstić information content (AvgIpc) is 2.37. The summed E-state index contributed by atoms with van der Waals surface area (Å²) in [5, 5.41) is 17.4. The number of hydrogen-bond acceptors (Lipinski definition) is 3. The van der Waals surface area contributed by atoms with Gasteiger partial charge in [-0.2, -0.15) is 0 Å². The maximum Gasteiger partial charge on any atom is 0.328 e. The quantitative estimate of drug-likeness (QED) is 0.781. The van der Waals surface area contributed by atoms with Gasteiger partial charge in [-0.15, -0.1) is 0 Å². The summed E-state index contributed by atoms with van der Waals surface area (Å²) < 4.78 is 0. The first kappa shape index (κ1) is 14.9. The Morgan fingerprint density at radius 3 is 2.63 bits per heavy atom. The van der Waals surface area contributed by atoms with Gasteiger partial charge in [0, 0.05) is 25.2 Å². The molecule has 0 aliphatic heterocycles. The molecule has 0 unspecified atom stereocenters. The lowest BCUT2D eigenvalue weighted by atomic mass is 10.0. The maximum atomic E-state index is 12.1. The Labute approximate surface area is 111 Å². The summed E-state index contributed by atoms with van der Waals surface area (Å²) in [5.41, 5.74) is 1.91. The van der Waals surface area contributed by atoms with Crippen molar-refractivity contribution in [2.45, 2.75) is 6.92 Å². The number of aliphatic carboxylic acids is 1. The molecule has 0 bridgehead atoms. The van der Waals surface area contributed by atoms with Crippen molar-refractivity contribution in [1.29, 1.82) is 0 Å². The Hall–Kier alpha value is -2.14. The van der Waals surface area contributed by atoms with Gasteiger partial charge in [0.05, 0.1) is 6.61 Å². The van der Waals surface area contributed by atoms with E-state index in [0.29, 0.717) is 11.1 Å². The Bertz CT molecular complexity index is 508. The third kappa shape index (κ3) is 3.93. The Balaban J connectivity index is 3.07. The van der Waals surface area contributed by atoms with Crippen LogP contribution in [0.15, 0.2) is 24.3 Å². The zero-order valence-electron chi connectivity index (χ0n) is 11.0. The number of amides is 1. The summed E-state index contributed by atoms with van der Waals surface area (Å²) in [6.45, 7) is 1.93. The van der Waals surface area contributed by atoms with Crippen LogP contribution in [0.3, 0.4) is 0 Å². The van der Waals surface area contributed by atoms with Gasteiger partial charge in [0.2, 0.25) is 0 Å². The van der Waals surface area contributed by atoms with E-state index in [1.807, 2.05) is 0 Å². The van der Waals surface area contributed by atoms with Crippen LogP contribution in [0.1, 0.15) is 21.5 Å². The van der Waals surface area contributed by atoms with E-state index in [-0.39, 0.29) is 19.1 Å². The molecule has 0 saturated carbocycles. The van der Waals surface area contributed by atoms with Crippen molar-refractivity contribution in [3.05, 3.63) is 41.0 Å². The molecule has 0 fully saturated rings. The van der Waals surface area contributed by atoms with Crippen LogP contribution in [0.2, 0.25) is 0 Å². The number of carboxylic acid groups (broad SMARTS) is 1. The number of rotatable bonds is 5. The molecule has 0 atom stereocenters. The zero-order chi connectivity index (χ0) is 14.4. The predicted octanol–water partition coefficient (Wildman–Crippen LogP) is 1.16. The number of carbonyl (C=O) groups is 2. The lowest BCUT2D eigenvalue weighted by Crippen LogP contribution is -2.30. The second kappa shape index (κ2) is 6.70. The van der Waals surface area contributed by atoms with Crippen LogP contribution in [0.5, 0.6) is 0 Å². The third-order valence-corrected chi connectivity index (χ3v) is 2.79. The largest absolute Gasteiger partial charge is 0.478 e. The van der Waals surface area contributed by atoms with E-state index in [9.17, 15) is 9.59 Å². The Kier molecular flexibility index (Phi) is 5.26. The second-order valence-electron chi connectivity index (χ2n) is 4.14. The standard InChI is InChI=1S/C14H17NO4/c1-10-11(6-7-13(17)18)4-3-5-12(10)14(19)15(2)8-9-16/h3-7,16H,8-9H2,1-2H3,(H,17,18). The first-order valence-electron chi connectivity index (χ1n) is 5.84. The van der Waals surface area contributed by atoms with Gasteiger partial charge in [0.15, 0.2) is 0 Å². The second-order valence-corrected chi connectivity index (χ2v) is 4.14. The molecule has 1 rings (SSSR count). The molecule has 0 aliphatic rings. The van der Waals surface area contributed by atoms with E-state index < -0.39 is 5.97 Å². The predicted molar refractivity (Wildman–Crippen MR) is 71.9 cm³/mol. The molecule has 102 valence electrons. The minimum atomic E-state index is -1.03. The molecule has 1 aromatic carbocycles. The molecule has 0 radical (unpaired) electrons. The van der Waals surface area contributed by atoms with E-state index in [0.717, 1.165) is 11.6 Å². The van der Waals surface area contributed by atoms with Crippen LogP contribution in [-0.2, 0) is 4.79 Å². The van der Waals surface area contributed by atoms with E-state index in [1.165, 1.54) is 11.0 Å². The highest BCUT2D eigenvalue weighted by atomic mass is 16.4. The van der Waals surface area contributed by atoms with Crippen LogP contribution < -0.4 is 0 Å². The maximum absolute atomic E-state index is 12.1. The molecule has 19 heavy (non-hydrogen) atoms. The fraction of sp³-hybridized carbons (Fsp3) is 0.286. The van der Waals surface area contributed by atoms with E-state index in [2.05, 4.69) is 0 Å². The molecule has 0 heterocycles. The van der Waals surface area contributed by atoms with Crippen molar-refractivity contribution in [2.75, 3.05) is 20.2 Å². The number of hydrogen-bond donors (Lipinski definition) is 2. The SMILES string of the molecule is Cc1c(C=CC(=O)O)cccc1C(=O)N(C)CCO. The highest BCUT2D eigenvalue weighted by molar-refractivity contribution is 5.96. The number of aliphatic hydroxyl groups is 1. The van der Waals surface area contributed by atoms with Crippen molar-refractivity contribution in [1.82, 2.24) is 4.90 Å². The van der Waals surface area contributed by atoms with E-state index in [1.54, 1.807) is 32.2 Å². The van der Waals surface area contributed by atoms with Crippen LogP contribution in [0, 0.1) is 6.92 Å². The third-order valence-electron chi connectivity index (χ3n) is 2.79. The van der Waals surface area contributed by atoms with Crippen molar-refractivity contribution < 1.29 is 19.8 Å². The fourth-order valence-electron chi connectivity index (χ4n) is 1.68. The van der Waals surface area contributed by atoms with Crippen molar-refractivity contribution in [2.24, 2.45) is 0 Å². The van der Waals surface area contributed by atoms with Gasteiger partial charge < -0.3 is 15.1 Å². The average molecular weight is 263 g/mol. The summed E-state index contributed by atoms with van der Waals surface area (Å²) in [7, 11) is 1.61. The minimum Gasteiger partial charge on any atom is -0.478 e. The van der Waals surface area contributed by atoms with Crippen LogP contribution >= 0.6 is 0 Å². The molecular formula is C14H17NO4. The van der Waals surface area contributed by atoms with Crippen LogP contribution in [-0.4, -0.2) is 47.2 Å². The summed E-state index contributed by atoms with van der Waals surface area (Å²) in [6.07, 6.45) is 2.49.